The van der Waals surface area contributed by atoms with Gasteiger partial charge in [-0.05, 0) is 41.8 Å². The predicted molar refractivity (Wildman–Crippen MR) is 126 cm³/mol. The number of benzene rings is 1. The van der Waals surface area contributed by atoms with Gasteiger partial charge in [0.25, 0.3) is 0 Å². The van der Waals surface area contributed by atoms with Crippen molar-refractivity contribution in [3.8, 4) is 0 Å². The number of rotatable bonds is 5. The van der Waals surface area contributed by atoms with E-state index >= 15 is 0 Å². The highest BCUT2D eigenvalue weighted by atomic mass is 127. The second-order valence-corrected chi connectivity index (χ2v) is 8.36. The summed E-state index contributed by atoms with van der Waals surface area (Å²) in [5.74, 6) is 0.817. The minimum absolute atomic E-state index is 0. The molecular formula is C21H27IN4OS. The molecule has 0 saturated heterocycles. The minimum Gasteiger partial charge on any atom is -0.356 e. The summed E-state index contributed by atoms with van der Waals surface area (Å²) in [7, 11) is 1.75. The van der Waals surface area contributed by atoms with E-state index in [4.69, 9.17) is 0 Å². The van der Waals surface area contributed by atoms with Gasteiger partial charge in [0.1, 0.15) is 0 Å². The van der Waals surface area contributed by atoms with Crippen LogP contribution < -0.4 is 10.6 Å². The third-order valence-corrected chi connectivity index (χ3v) is 6.65. The van der Waals surface area contributed by atoms with Crippen LogP contribution in [-0.2, 0) is 23.2 Å². The van der Waals surface area contributed by atoms with E-state index in [-0.39, 0.29) is 41.8 Å². The monoisotopic (exact) mass is 510 g/mol. The summed E-state index contributed by atoms with van der Waals surface area (Å²) in [5, 5.41) is 8.71. The first-order chi connectivity index (χ1) is 13.2. The van der Waals surface area contributed by atoms with E-state index in [9.17, 15) is 4.79 Å². The number of hydrogen-bond acceptors (Lipinski definition) is 3. The lowest BCUT2D eigenvalue weighted by atomic mass is 9.96. The second-order valence-electron chi connectivity index (χ2n) is 7.36. The molecule has 1 amide bonds. The highest BCUT2D eigenvalue weighted by Gasteiger charge is 2.44. The lowest BCUT2D eigenvalue weighted by molar-refractivity contribution is -0.130. The molecule has 150 valence electrons. The summed E-state index contributed by atoms with van der Waals surface area (Å²) in [6, 6.07) is 12.8. The molecule has 2 aromatic rings. The van der Waals surface area contributed by atoms with Gasteiger partial charge in [0, 0.05) is 37.0 Å². The fourth-order valence-corrected chi connectivity index (χ4v) is 4.61. The van der Waals surface area contributed by atoms with E-state index in [2.05, 4.69) is 57.4 Å². The van der Waals surface area contributed by atoms with Crippen LogP contribution in [0.1, 0.15) is 28.8 Å². The van der Waals surface area contributed by atoms with Gasteiger partial charge in [-0.1, -0.05) is 30.3 Å². The van der Waals surface area contributed by atoms with Gasteiger partial charge < -0.3 is 15.5 Å². The zero-order valence-corrected chi connectivity index (χ0v) is 19.3. The Labute approximate surface area is 187 Å². The molecule has 2 heterocycles. The Morgan fingerprint density at radius 1 is 1.21 bits per heavy atom. The Morgan fingerprint density at radius 2 is 2.00 bits per heavy atom. The summed E-state index contributed by atoms with van der Waals surface area (Å²) in [5.41, 5.74) is 2.88. The molecule has 0 unspecified atom stereocenters. The molecular weight excluding hydrogens is 483 g/mol. The maximum absolute atomic E-state index is 12.6. The largest absolute Gasteiger partial charge is 0.356 e. The van der Waals surface area contributed by atoms with Crippen molar-refractivity contribution in [3.63, 3.8) is 0 Å². The second kappa shape index (κ2) is 9.26. The van der Waals surface area contributed by atoms with Gasteiger partial charge in [0.15, 0.2) is 5.96 Å². The van der Waals surface area contributed by atoms with Gasteiger partial charge in [0.05, 0.1) is 6.54 Å². The van der Waals surface area contributed by atoms with Crippen molar-refractivity contribution >= 4 is 47.2 Å². The lowest BCUT2D eigenvalue weighted by Crippen LogP contribution is -2.47. The van der Waals surface area contributed by atoms with Gasteiger partial charge in [-0.3, -0.25) is 9.79 Å². The van der Waals surface area contributed by atoms with Crippen molar-refractivity contribution in [1.29, 1.82) is 0 Å². The van der Waals surface area contributed by atoms with E-state index in [1.54, 1.807) is 18.4 Å². The Morgan fingerprint density at radius 3 is 2.71 bits per heavy atom. The van der Waals surface area contributed by atoms with Crippen molar-refractivity contribution in [2.24, 2.45) is 4.99 Å². The maximum atomic E-state index is 12.6. The van der Waals surface area contributed by atoms with Crippen molar-refractivity contribution in [3.05, 3.63) is 57.8 Å². The number of nitrogens with zero attached hydrogens (tertiary/aromatic N) is 2. The number of aliphatic imine (C=N–C) groups is 1. The Bertz CT molecular complexity index is 832. The highest BCUT2D eigenvalue weighted by Crippen LogP contribution is 2.47. The summed E-state index contributed by atoms with van der Waals surface area (Å²) in [6.07, 6.45) is 3.35. The van der Waals surface area contributed by atoms with Crippen molar-refractivity contribution in [1.82, 2.24) is 15.5 Å². The lowest BCUT2D eigenvalue weighted by Gasteiger charge is -2.27. The van der Waals surface area contributed by atoms with Crippen LogP contribution in [0.25, 0.3) is 0 Å². The number of carbonyl (C=O) groups is 1. The molecule has 28 heavy (non-hydrogen) atoms. The van der Waals surface area contributed by atoms with Crippen LogP contribution >= 0.6 is 35.3 Å². The number of thiophene rings is 1. The normalized spacial score (nSPS) is 17.3. The molecule has 1 aromatic carbocycles. The Hall–Kier alpha value is -1.61. The standard InChI is InChI=1S/C21H26N4OS.HI/c1-22-20(24-15-21(9-10-21)17-5-3-2-4-6-17)23-13-19(26)25-11-7-18-16(14-25)8-12-27-18;/h2-6,8,12H,7,9-11,13-15H2,1H3,(H2,22,23,24);1H. The number of amides is 1. The average Bonchev–Trinajstić information content (AvgIpc) is 3.36. The van der Waals surface area contributed by atoms with Crippen molar-refractivity contribution in [2.45, 2.75) is 31.2 Å². The van der Waals surface area contributed by atoms with Gasteiger partial charge in [-0.25, -0.2) is 0 Å². The summed E-state index contributed by atoms with van der Waals surface area (Å²) >= 11 is 1.79. The zero-order valence-electron chi connectivity index (χ0n) is 16.1. The number of carbonyl (C=O) groups excluding carboxylic acids is 1. The number of fused-ring (bicyclic) bond motifs is 1. The summed E-state index contributed by atoms with van der Waals surface area (Å²) in [6.45, 7) is 2.64. The fourth-order valence-electron chi connectivity index (χ4n) is 3.72. The Kier molecular flexibility index (Phi) is 6.98. The smallest absolute Gasteiger partial charge is 0.242 e. The van der Waals surface area contributed by atoms with Crippen LogP contribution in [0.3, 0.4) is 0 Å². The molecule has 1 aromatic heterocycles. The zero-order chi connectivity index (χ0) is 18.7. The molecule has 0 radical (unpaired) electrons. The van der Waals surface area contributed by atoms with Gasteiger partial charge in [-0.2, -0.15) is 0 Å². The minimum atomic E-state index is 0. The fraction of sp³-hybridized carbons (Fsp3) is 0.429. The summed E-state index contributed by atoms with van der Waals surface area (Å²) in [4.78, 5) is 20.2. The predicted octanol–water partition coefficient (Wildman–Crippen LogP) is 3.15. The van der Waals surface area contributed by atoms with Gasteiger partial charge in [-0.15, -0.1) is 35.3 Å². The molecule has 0 bridgehead atoms. The molecule has 7 heteroatoms. The first kappa shape index (κ1) is 21.1. The number of guanidine groups is 1. The van der Waals surface area contributed by atoms with Crippen LogP contribution in [-0.4, -0.2) is 43.4 Å². The molecule has 2 N–H and O–H groups in total. The number of hydrogen-bond donors (Lipinski definition) is 2. The number of halogens is 1. The first-order valence-corrected chi connectivity index (χ1v) is 10.4. The molecule has 2 aliphatic rings. The van der Waals surface area contributed by atoms with Crippen LogP contribution in [0.2, 0.25) is 0 Å². The van der Waals surface area contributed by atoms with Crippen LogP contribution in [0, 0.1) is 0 Å². The SMILES string of the molecule is CN=C(NCC(=O)N1CCc2sccc2C1)NCC1(c2ccccc2)CC1.I. The quantitative estimate of drug-likeness (QED) is 0.369. The molecule has 5 nitrogen and oxygen atoms in total. The first-order valence-electron chi connectivity index (χ1n) is 9.53. The molecule has 0 spiro atoms. The molecule has 1 aliphatic heterocycles. The topological polar surface area (TPSA) is 56.7 Å². The highest BCUT2D eigenvalue weighted by molar-refractivity contribution is 14.0. The summed E-state index contributed by atoms with van der Waals surface area (Å²) < 4.78 is 0. The van der Waals surface area contributed by atoms with E-state index in [1.807, 2.05) is 4.90 Å². The number of nitrogens with one attached hydrogen (secondary N) is 2. The van der Waals surface area contributed by atoms with Crippen LogP contribution in [0.5, 0.6) is 0 Å². The van der Waals surface area contributed by atoms with Crippen molar-refractivity contribution < 1.29 is 4.79 Å². The molecule has 0 atom stereocenters. The third kappa shape index (κ3) is 4.68. The van der Waals surface area contributed by atoms with E-state index in [1.165, 1.54) is 28.8 Å². The third-order valence-electron chi connectivity index (χ3n) is 5.62. The van der Waals surface area contributed by atoms with Crippen LogP contribution in [0.15, 0.2) is 46.8 Å². The Balaban J connectivity index is 0.00000225. The molecule has 1 saturated carbocycles. The van der Waals surface area contributed by atoms with Gasteiger partial charge >= 0.3 is 0 Å². The molecule has 1 aliphatic carbocycles. The molecule has 4 rings (SSSR count). The maximum Gasteiger partial charge on any atom is 0.242 e. The van der Waals surface area contributed by atoms with E-state index in [0.717, 1.165) is 26.1 Å². The van der Waals surface area contributed by atoms with E-state index in [0.29, 0.717) is 5.96 Å². The van der Waals surface area contributed by atoms with E-state index < -0.39 is 0 Å². The van der Waals surface area contributed by atoms with Crippen LogP contribution in [0.4, 0.5) is 0 Å². The average molecular weight is 510 g/mol. The van der Waals surface area contributed by atoms with Gasteiger partial charge in [0.2, 0.25) is 5.91 Å². The van der Waals surface area contributed by atoms with Crippen molar-refractivity contribution in [2.75, 3.05) is 26.7 Å². The molecule has 1 fully saturated rings.